The highest BCUT2D eigenvalue weighted by atomic mass is 16.3. The maximum absolute atomic E-state index is 11.5. The van der Waals surface area contributed by atoms with Crippen LogP contribution in [0.15, 0.2) is 23.2 Å². The molecule has 1 rings (SSSR count). The molecule has 0 radical (unpaired) electrons. The van der Waals surface area contributed by atoms with Gasteiger partial charge < -0.3 is 10.2 Å². The summed E-state index contributed by atoms with van der Waals surface area (Å²) in [6.07, 6.45) is 1.16. The summed E-state index contributed by atoms with van der Waals surface area (Å²) in [5, 5.41) is 19.2. The third-order valence-corrected chi connectivity index (χ3v) is 2.57. The standard InChI is InChI=1S/C11H14O4/c1-4-6(12)9-7(13)5-8(14)11(2,3)10(9)15/h5,13,15H,4H2,1-3H3. The van der Waals surface area contributed by atoms with Gasteiger partial charge >= 0.3 is 0 Å². The van der Waals surface area contributed by atoms with Crippen molar-refractivity contribution in [2.24, 2.45) is 5.41 Å². The number of Topliss-reactive ketones (excluding diaryl/α,β-unsaturated/α-hetero) is 1. The summed E-state index contributed by atoms with van der Waals surface area (Å²) in [7, 11) is 0. The Hall–Kier alpha value is -1.58. The van der Waals surface area contributed by atoms with Crippen molar-refractivity contribution in [1.29, 1.82) is 0 Å². The predicted octanol–water partition coefficient (Wildman–Crippen LogP) is 1.83. The minimum Gasteiger partial charge on any atom is -0.510 e. The minimum atomic E-state index is -1.13. The van der Waals surface area contributed by atoms with Crippen LogP contribution in [0.2, 0.25) is 0 Å². The molecule has 0 fully saturated rings. The van der Waals surface area contributed by atoms with Crippen LogP contribution in [-0.2, 0) is 9.59 Å². The molecule has 0 saturated heterocycles. The number of carbonyl (C=O) groups is 2. The lowest BCUT2D eigenvalue weighted by atomic mass is 9.78. The maximum Gasteiger partial charge on any atom is 0.172 e. The van der Waals surface area contributed by atoms with Gasteiger partial charge in [-0.15, -0.1) is 0 Å². The summed E-state index contributed by atoms with van der Waals surface area (Å²) in [4.78, 5) is 22.9. The third-order valence-electron chi connectivity index (χ3n) is 2.57. The van der Waals surface area contributed by atoms with Gasteiger partial charge in [0.2, 0.25) is 0 Å². The van der Waals surface area contributed by atoms with Crippen molar-refractivity contribution in [2.75, 3.05) is 0 Å². The fourth-order valence-corrected chi connectivity index (χ4v) is 1.38. The molecule has 2 N–H and O–H groups in total. The summed E-state index contributed by atoms with van der Waals surface area (Å²) < 4.78 is 0. The highest BCUT2D eigenvalue weighted by molar-refractivity contribution is 6.07. The number of aliphatic hydroxyl groups excluding tert-OH is 2. The molecule has 0 spiro atoms. The number of hydrogen-bond donors (Lipinski definition) is 2. The Kier molecular flexibility index (Phi) is 2.71. The van der Waals surface area contributed by atoms with E-state index in [9.17, 15) is 19.8 Å². The quantitative estimate of drug-likeness (QED) is 0.729. The largest absolute Gasteiger partial charge is 0.510 e. The van der Waals surface area contributed by atoms with Gasteiger partial charge in [0.15, 0.2) is 11.6 Å². The van der Waals surface area contributed by atoms with Crippen LogP contribution in [0, 0.1) is 5.41 Å². The number of rotatable bonds is 2. The molecule has 0 amide bonds. The molecule has 0 aliphatic heterocycles. The Labute approximate surface area is 87.9 Å². The van der Waals surface area contributed by atoms with E-state index in [1.165, 1.54) is 13.8 Å². The van der Waals surface area contributed by atoms with E-state index < -0.39 is 17.0 Å². The molecular weight excluding hydrogens is 196 g/mol. The Morgan fingerprint density at radius 2 is 1.93 bits per heavy atom. The van der Waals surface area contributed by atoms with Crippen LogP contribution in [0.4, 0.5) is 0 Å². The average molecular weight is 210 g/mol. The van der Waals surface area contributed by atoms with E-state index in [1.807, 2.05) is 0 Å². The number of hydrogen-bond acceptors (Lipinski definition) is 4. The van der Waals surface area contributed by atoms with Gasteiger partial charge in [-0.25, -0.2) is 0 Å². The SMILES string of the molecule is CCC(=O)C1=C(O)C(C)(C)C(=O)C=C1O. The molecule has 0 bridgehead atoms. The van der Waals surface area contributed by atoms with E-state index >= 15 is 0 Å². The van der Waals surface area contributed by atoms with Crippen molar-refractivity contribution in [3.05, 3.63) is 23.2 Å². The zero-order valence-electron chi connectivity index (χ0n) is 9.00. The molecule has 4 heteroatoms. The van der Waals surface area contributed by atoms with Crippen LogP contribution in [0.25, 0.3) is 0 Å². The molecule has 82 valence electrons. The van der Waals surface area contributed by atoms with E-state index in [-0.39, 0.29) is 23.5 Å². The molecule has 0 aromatic rings. The second kappa shape index (κ2) is 3.53. The van der Waals surface area contributed by atoms with Crippen molar-refractivity contribution in [2.45, 2.75) is 27.2 Å². The highest BCUT2D eigenvalue weighted by Gasteiger charge is 2.39. The third kappa shape index (κ3) is 1.67. The molecule has 1 aliphatic rings. The lowest BCUT2D eigenvalue weighted by Crippen LogP contribution is -2.31. The second-order valence-electron chi connectivity index (χ2n) is 4.02. The van der Waals surface area contributed by atoms with Crippen molar-refractivity contribution in [3.8, 4) is 0 Å². The lowest BCUT2D eigenvalue weighted by molar-refractivity contribution is -0.122. The molecule has 0 aromatic heterocycles. The van der Waals surface area contributed by atoms with E-state index in [0.717, 1.165) is 6.08 Å². The monoisotopic (exact) mass is 210 g/mol. The Morgan fingerprint density at radius 3 is 2.40 bits per heavy atom. The van der Waals surface area contributed by atoms with Crippen LogP contribution in [0.5, 0.6) is 0 Å². The molecule has 1 aliphatic carbocycles. The molecule has 0 heterocycles. The summed E-state index contributed by atoms with van der Waals surface area (Å²) >= 11 is 0. The summed E-state index contributed by atoms with van der Waals surface area (Å²) in [5.74, 6) is -1.57. The highest BCUT2D eigenvalue weighted by Crippen LogP contribution is 2.35. The van der Waals surface area contributed by atoms with Crippen molar-refractivity contribution >= 4 is 11.6 Å². The molecular formula is C11H14O4. The second-order valence-corrected chi connectivity index (χ2v) is 4.02. The van der Waals surface area contributed by atoms with Crippen molar-refractivity contribution in [1.82, 2.24) is 0 Å². The average Bonchev–Trinajstić information content (AvgIpc) is 2.15. The van der Waals surface area contributed by atoms with Gasteiger partial charge in [-0.2, -0.15) is 0 Å². The fraction of sp³-hybridized carbons (Fsp3) is 0.455. The number of ketones is 2. The van der Waals surface area contributed by atoms with Crippen LogP contribution >= 0.6 is 0 Å². The molecule has 15 heavy (non-hydrogen) atoms. The fourth-order valence-electron chi connectivity index (χ4n) is 1.38. The maximum atomic E-state index is 11.5. The molecule has 0 aromatic carbocycles. The Balaban J connectivity index is 3.35. The normalized spacial score (nSPS) is 20.2. The molecule has 0 unspecified atom stereocenters. The van der Waals surface area contributed by atoms with E-state index in [1.54, 1.807) is 6.92 Å². The predicted molar refractivity (Wildman–Crippen MR) is 54.5 cm³/mol. The zero-order chi connectivity index (χ0) is 11.8. The van der Waals surface area contributed by atoms with E-state index in [0.29, 0.717) is 0 Å². The topological polar surface area (TPSA) is 74.6 Å². The molecule has 0 saturated carbocycles. The lowest BCUT2D eigenvalue weighted by Gasteiger charge is -2.26. The first-order chi connectivity index (χ1) is 6.82. The number of carbonyl (C=O) groups excluding carboxylic acids is 2. The Morgan fingerprint density at radius 1 is 1.40 bits per heavy atom. The van der Waals surface area contributed by atoms with Crippen LogP contribution in [-0.4, -0.2) is 21.8 Å². The van der Waals surface area contributed by atoms with Crippen molar-refractivity contribution < 1.29 is 19.8 Å². The van der Waals surface area contributed by atoms with Gasteiger partial charge in [-0.3, -0.25) is 9.59 Å². The van der Waals surface area contributed by atoms with Gasteiger partial charge in [-0.05, 0) is 13.8 Å². The molecule has 4 nitrogen and oxygen atoms in total. The van der Waals surface area contributed by atoms with Crippen LogP contribution in [0.3, 0.4) is 0 Å². The van der Waals surface area contributed by atoms with E-state index in [2.05, 4.69) is 0 Å². The van der Waals surface area contributed by atoms with Crippen LogP contribution < -0.4 is 0 Å². The minimum absolute atomic E-state index is 0.137. The smallest absolute Gasteiger partial charge is 0.172 e. The van der Waals surface area contributed by atoms with Gasteiger partial charge in [0.25, 0.3) is 0 Å². The van der Waals surface area contributed by atoms with Gasteiger partial charge in [0, 0.05) is 12.5 Å². The van der Waals surface area contributed by atoms with Gasteiger partial charge in [0.1, 0.15) is 11.5 Å². The van der Waals surface area contributed by atoms with Gasteiger partial charge in [-0.1, -0.05) is 6.92 Å². The first-order valence-corrected chi connectivity index (χ1v) is 4.74. The van der Waals surface area contributed by atoms with Gasteiger partial charge in [0.05, 0.1) is 11.0 Å². The summed E-state index contributed by atoms with van der Waals surface area (Å²) in [6.45, 7) is 4.65. The molecule has 0 atom stereocenters. The first kappa shape index (κ1) is 11.5. The number of allylic oxidation sites excluding steroid dienone is 3. The van der Waals surface area contributed by atoms with Crippen LogP contribution in [0.1, 0.15) is 27.2 Å². The number of aliphatic hydroxyl groups is 2. The summed E-state index contributed by atoms with van der Waals surface area (Å²) in [6, 6.07) is 0. The van der Waals surface area contributed by atoms with Crippen molar-refractivity contribution in [3.63, 3.8) is 0 Å². The Bertz CT molecular complexity index is 385. The zero-order valence-corrected chi connectivity index (χ0v) is 9.00. The van der Waals surface area contributed by atoms with E-state index in [4.69, 9.17) is 0 Å². The summed E-state index contributed by atoms with van der Waals surface area (Å²) in [5.41, 5.74) is -1.27. The first-order valence-electron chi connectivity index (χ1n) is 4.74.